The van der Waals surface area contributed by atoms with E-state index in [1.807, 2.05) is 31.2 Å². The molecule has 0 aliphatic heterocycles. The third kappa shape index (κ3) is 3.84. The molecule has 4 nitrogen and oxygen atoms in total. The number of benzene rings is 1. The quantitative estimate of drug-likeness (QED) is 0.917. The highest BCUT2D eigenvalue weighted by atomic mass is 35.5. The van der Waals surface area contributed by atoms with Crippen LogP contribution in [0.1, 0.15) is 24.6 Å². The SMILES string of the molecule is CCc1ccc(NC(=O)CCn2cc(Cl)c(C)n2)cc1. The van der Waals surface area contributed by atoms with E-state index in [1.54, 1.807) is 10.9 Å². The standard InChI is InChI=1S/C15H18ClN3O/c1-3-12-4-6-13(7-5-12)17-15(20)8-9-19-10-14(16)11(2)18-19/h4-7,10H,3,8-9H2,1-2H3,(H,17,20). The van der Waals surface area contributed by atoms with Gasteiger partial charge < -0.3 is 5.32 Å². The van der Waals surface area contributed by atoms with Crippen LogP contribution in [0.15, 0.2) is 30.5 Å². The Morgan fingerprint density at radius 3 is 2.60 bits per heavy atom. The summed E-state index contributed by atoms with van der Waals surface area (Å²) in [5.74, 6) is -0.0291. The molecule has 2 aromatic rings. The van der Waals surface area contributed by atoms with Crippen LogP contribution < -0.4 is 5.32 Å². The Hall–Kier alpha value is -1.81. The van der Waals surface area contributed by atoms with Crippen molar-refractivity contribution in [2.75, 3.05) is 5.32 Å². The molecule has 0 unspecified atom stereocenters. The van der Waals surface area contributed by atoms with Crippen molar-refractivity contribution < 1.29 is 4.79 Å². The van der Waals surface area contributed by atoms with E-state index in [2.05, 4.69) is 17.3 Å². The number of nitrogens with zero attached hydrogens (tertiary/aromatic N) is 2. The second-order valence-electron chi connectivity index (χ2n) is 4.67. The van der Waals surface area contributed by atoms with Gasteiger partial charge in [-0.3, -0.25) is 9.48 Å². The van der Waals surface area contributed by atoms with Gasteiger partial charge in [-0.25, -0.2) is 0 Å². The predicted octanol–water partition coefficient (Wildman–Crippen LogP) is 3.44. The number of carbonyl (C=O) groups excluding carboxylic acids is 1. The number of hydrogen-bond acceptors (Lipinski definition) is 2. The summed E-state index contributed by atoms with van der Waals surface area (Å²) >= 11 is 5.92. The molecule has 1 amide bonds. The molecule has 0 aliphatic carbocycles. The molecule has 0 saturated heterocycles. The molecule has 5 heteroatoms. The van der Waals surface area contributed by atoms with Gasteiger partial charge in [-0.15, -0.1) is 0 Å². The minimum atomic E-state index is -0.0291. The topological polar surface area (TPSA) is 46.9 Å². The first kappa shape index (κ1) is 14.6. The normalized spacial score (nSPS) is 10.6. The van der Waals surface area contributed by atoms with Crippen molar-refractivity contribution in [1.29, 1.82) is 0 Å². The first-order valence-electron chi connectivity index (χ1n) is 6.67. The number of aryl methyl sites for hydroxylation is 3. The fourth-order valence-corrected chi connectivity index (χ4v) is 2.02. The molecule has 0 spiro atoms. The highest BCUT2D eigenvalue weighted by Crippen LogP contribution is 2.13. The number of halogens is 1. The van der Waals surface area contributed by atoms with Crippen molar-refractivity contribution in [1.82, 2.24) is 9.78 Å². The predicted molar refractivity (Wildman–Crippen MR) is 81.0 cm³/mol. The van der Waals surface area contributed by atoms with E-state index in [0.717, 1.165) is 17.8 Å². The van der Waals surface area contributed by atoms with E-state index < -0.39 is 0 Å². The monoisotopic (exact) mass is 291 g/mol. The number of aromatic nitrogens is 2. The van der Waals surface area contributed by atoms with Crippen LogP contribution in [0.2, 0.25) is 5.02 Å². The molecule has 1 heterocycles. The summed E-state index contributed by atoms with van der Waals surface area (Å²) in [6.45, 7) is 4.46. The lowest BCUT2D eigenvalue weighted by Gasteiger charge is -2.06. The Balaban J connectivity index is 1.85. The molecule has 1 aromatic carbocycles. The van der Waals surface area contributed by atoms with Gasteiger partial charge in [-0.1, -0.05) is 30.7 Å². The molecule has 0 radical (unpaired) electrons. The van der Waals surface area contributed by atoms with Gasteiger partial charge in [0.1, 0.15) is 0 Å². The molecule has 0 aliphatic rings. The first-order chi connectivity index (χ1) is 9.58. The zero-order valence-corrected chi connectivity index (χ0v) is 12.4. The molecular weight excluding hydrogens is 274 g/mol. The van der Waals surface area contributed by atoms with Crippen molar-refractivity contribution in [2.45, 2.75) is 33.2 Å². The first-order valence-corrected chi connectivity index (χ1v) is 7.04. The Kier molecular flexibility index (Phi) is 4.79. The molecule has 0 bridgehead atoms. The lowest BCUT2D eigenvalue weighted by atomic mass is 10.1. The molecule has 106 valence electrons. The highest BCUT2D eigenvalue weighted by molar-refractivity contribution is 6.31. The van der Waals surface area contributed by atoms with Gasteiger partial charge >= 0.3 is 0 Å². The van der Waals surface area contributed by atoms with Crippen LogP contribution in [0.4, 0.5) is 5.69 Å². The minimum absolute atomic E-state index is 0.0291. The Morgan fingerprint density at radius 2 is 2.05 bits per heavy atom. The van der Waals surface area contributed by atoms with Gasteiger partial charge in [0, 0.05) is 24.8 Å². The third-order valence-electron chi connectivity index (χ3n) is 3.10. The van der Waals surface area contributed by atoms with Crippen molar-refractivity contribution >= 4 is 23.2 Å². The molecular formula is C15H18ClN3O. The third-order valence-corrected chi connectivity index (χ3v) is 3.47. The average molecular weight is 292 g/mol. The lowest BCUT2D eigenvalue weighted by molar-refractivity contribution is -0.116. The molecule has 2 rings (SSSR count). The van der Waals surface area contributed by atoms with E-state index >= 15 is 0 Å². The van der Waals surface area contributed by atoms with Gasteiger partial charge in [0.2, 0.25) is 5.91 Å². The summed E-state index contributed by atoms with van der Waals surface area (Å²) in [6.07, 6.45) is 3.10. The van der Waals surface area contributed by atoms with Crippen LogP contribution in [0.3, 0.4) is 0 Å². The Morgan fingerprint density at radius 1 is 1.35 bits per heavy atom. The van der Waals surface area contributed by atoms with Gasteiger partial charge in [-0.2, -0.15) is 5.10 Å². The van der Waals surface area contributed by atoms with Gasteiger partial charge in [0.15, 0.2) is 0 Å². The average Bonchev–Trinajstić information content (AvgIpc) is 2.76. The van der Waals surface area contributed by atoms with Crippen LogP contribution in [0, 0.1) is 6.92 Å². The number of hydrogen-bond donors (Lipinski definition) is 1. The summed E-state index contributed by atoms with van der Waals surface area (Å²) < 4.78 is 1.69. The van der Waals surface area contributed by atoms with Gasteiger partial charge in [0.05, 0.1) is 10.7 Å². The highest BCUT2D eigenvalue weighted by Gasteiger charge is 2.06. The molecule has 0 atom stereocenters. The van der Waals surface area contributed by atoms with E-state index in [1.165, 1.54) is 5.56 Å². The van der Waals surface area contributed by atoms with Gasteiger partial charge in [-0.05, 0) is 31.0 Å². The van der Waals surface area contributed by atoms with E-state index in [4.69, 9.17) is 11.6 Å². The molecule has 1 N–H and O–H groups in total. The zero-order chi connectivity index (χ0) is 14.5. The maximum absolute atomic E-state index is 11.8. The van der Waals surface area contributed by atoms with Crippen molar-refractivity contribution in [2.24, 2.45) is 0 Å². The van der Waals surface area contributed by atoms with Crippen LogP contribution in [0.5, 0.6) is 0 Å². The van der Waals surface area contributed by atoms with E-state index in [-0.39, 0.29) is 5.91 Å². The summed E-state index contributed by atoms with van der Waals surface area (Å²) in [6, 6.07) is 7.88. The van der Waals surface area contributed by atoms with Crippen molar-refractivity contribution in [3.63, 3.8) is 0 Å². The summed E-state index contributed by atoms with van der Waals surface area (Å²) in [5.41, 5.74) is 2.86. The maximum atomic E-state index is 11.8. The Labute approximate surface area is 123 Å². The number of carbonyl (C=O) groups is 1. The second-order valence-corrected chi connectivity index (χ2v) is 5.08. The Bertz CT molecular complexity index is 570. The number of amides is 1. The van der Waals surface area contributed by atoms with E-state index in [0.29, 0.717) is 18.0 Å². The maximum Gasteiger partial charge on any atom is 0.226 e. The van der Waals surface area contributed by atoms with Crippen molar-refractivity contribution in [3.05, 3.63) is 46.7 Å². The smallest absolute Gasteiger partial charge is 0.226 e. The summed E-state index contributed by atoms with van der Waals surface area (Å²) in [7, 11) is 0. The molecule has 0 fully saturated rings. The van der Waals surface area contributed by atoms with Crippen LogP contribution >= 0.6 is 11.6 Å². The second kappa shape index (κ2) is 6.57. The largest absolute Gasteiger partial charge is 0.326 e. The van der Waals surface area contributed by atoms with Crippen LogP contribution in [-0.2, 0) is 17.8 Å². The van der Waals surface area contributed by atoms with Crippen LogP contribution in [0.25, 0.3) is 0 Å². The van der Waals surface area contributed by atoms with Crippen molar-refractivity contribution in [3.8, 4) is 0 Å². The molecule has 1 aromatic heterocycles. The summed E-state index contributed by atoms with van der Waals surface area (Å²) in [4.78, 5) is 11.8. The zero-order valence-electron chi connectivity index (χ0n) is 11.7. The summed E-state index contributed by atoms with van der Waals surface area (Å²) in [5, 5.41) is 7.71. The number of rotatable bonds is 5. The fourth-order valence-electron chi connectivity index (χ4n) is 1.87. The minimum Gasteiger partial charge on any atom is -0.326 e. The van der Waals surface area contributed by atoms with Gasteiger partial charge in [0.25, 0.3) is 0 Å². The lowest BCUT2D eigenvalue weighted by Crippen LogP contribution is -2.14. The fraction of sp³-hybridized carbons (Fsp3) is 0.333. The molecule has 0 saturated carbocycles. The number of anilines is 1. The number of nitrogens with one attached hydrogen (secondary N) is 1. The van der Waals surface area contributed by atoms with Crippen LogP contribution in [-0.4, -0.2) is 15.7 Å². The van der Waals surface area contributed by atoms with E-state index in [9.17, 15) is 4.79 Å². The molecule has 20 heavy (non-hydrogen) atoms.